The molecule has 0 radical (unpaired) electrons. The highest BCUT2D eigenvalue weighted by Gasteiger charge is 2.28. The highest BCUT2D eigenvalue weighted by Crippen LogP contribution is 2.44. The number of pyridine rings is 1. The molecular formula is C47H52N4O2. The van der Waals surface area contributed by atoms with Crippen molar-refractivity contribution in [1.29, 1.82) is 0 Å². The minimum absolute atomic E-state index is 0.236. The smallest absolute Gasteiger partial charge is 0.141 e. The summed E-state index contributed by atoms with van der Waals surface area (Å²) in [5.74, 6) is 3.58. The zero-order valence-electron chi connectivity index (χ0n) is 33.2. The molecule has 0 atom stereocenters. The summed E-state index contributed by atoms with van der Waals surface area (Å²) in [6.45, 7) is 22.7. The Hall–Kier alpha value is -5.36. The maximum Gasteiger partial charge on any atom is 0.141 e. The molecule has 7 aromatic rings. The zero-order valence-corrected chi connectivity index (χ0v) is 33.2. The Bertz CT molecular complexity index is 2470. The third kappa shape index (κ3) is 6.28. The molecule has 0 bridgehead atoms. The largest absolute Gasteiger partial charge is 0.497 e. The van der Waals surface area contributed by atoms with E-state index in [0.29, 0.717) is 0 Å². The summed E-state index contributed by atoms with van der Waals surface area (Å²) in [5, 5.41) is 7.75. The first-order valence-electron chi connectivity index (χ1n) is 19.0. The predicted molar refractivity (Wildman–Crippen MR) is 220 cm³/mol. The molecule has 0 saturated heterocycles. The van der Waals surface area contributed by atoms with Gasteiger partial charge >= 0.3 is 0 Å². The number of nitrogens with zero attached hydrogens (tertiary/aromatic N) is 4. The van der Waals surface area contributed by atoms with Gasteiger partial charge in [0.15, 0.2) is 0 Å². The summed E-state index contributed by atoms with van der Waals surface area (Å²) in [6, 6.07) is 25.3. The highest BCUT2D eigenvalue weighted by molar-refractivity contribution is 6.09. The lowest BCUT2D eigenvalue weighted by atomic mass is 9.83. The minimum atomic E-state index is 0.236. The van der Waals surface area contributed by atoms with Gasteiger partial charge in [0, 0.05) is 40.7 Å². The molecule has 6 nitrogen and oxygen atoms in total. The van der Waals surface area contributed by atoms with E-state index in [-0.39, 0.29) is 11.8 Å². The Labute approximate surface area is 314 Å². The first-order chi connectivity index (χ1) is 25.4. The Morgan fingerprint density at radius 2 is 1.36 bits per heavy atom. The number of fused-ring (bicyclic) bond motifs is 3. The van der Waals surface area contributed by atoms with Crippen molar-refractivity contribution in [2.24, 2.45) is 0 Å². The minimum Gasteiger partial charge on any atom is -0.497 e. The predicted octanol–water partition coefficient (Wildman–Crippen LogP) is 12.6. The van der Waals surface area contributed by atoms with Crippen molar-refractivity contribution < 1.29 is 9.47 Å². The van der Waals surface area contributed by atoms with E-state index in [1.807, 2.05) is 12.1 Å². The quantitative estimate of drug-likeness (QED) is 0.142. The van der Waals surface area contributed by atoms with E-state index in [4.69, 9.17) is 19.6 Å². The molecule has 0 unspecified atom stereocenters. The number of para-hydroxylation sites is 1. The maximum atomic E-state index is 6.82. The van der Waals surface area contributed by atoms with Gasteiger partial charge in [-0.2, -0.15) is 5.10 Å². The fourth-order valence-electron chi connectivity index (χ4n) is 8.02. The van der Waals surface area contributed by atoms with Gasteiger partial charge in [-0.05, 0) is 128 Å². The monoisotopic (exact) mass is 704 g/mol. The molecule has 0 aliphatic carbocycles. The number of hydrogen-bond donors (Lipinski definition) is 0. The summed E-state index contributed by atoms with van der Waals surface area (Å²) in [6.07, 6.45) is 3.76. The van der Waals surface area contributed by atoms with E-state index in [1.165, 1.54) is 50.2 Å². The third-order valence-corrected chi connectivity index (χ3v) is 11.1. The molecule has 4 aromatic carbocycles. The van der Waals surface area contributed by atoms with Gasteiger partial charge in [-0.25, -0.2) is 9.67 Å². The van der Waals surface area contributed by atoms with Crippen LogP contribution in [0.4, 0.5) is 0 Å². The highest BCUT2D eigenvalue weighted by atomic mass is 16.5. The maximum absolute atomic E-state index is 6.82. The number of rotatable bonds is 10. The molecule has 3 heterocycles. The molecule has 0 N–H and O–H groups in total. The van der Waals surface area contributed by atoms with Crippen LogP contribution in [0, 0.1) is 34.6 Å². The van der Waals surface area contributed by atoms with Gasteiger partial charge < -0.3 is 9.47 Å². The normalized spacial score (nSPS) is 11.8. The van der Waals surface area contributed by atoms with Crippen molar-refractivity contribution in [2.45, 2.75) is 93.9 Å². The average Bonchev–Trinajstić information content (AvgIpc) is 3.70. The molecule has 0 spiro atoms. The summed E-state index contributed by atoms with van der Waals surface area (Å²) in [5.41, 5.74) is 16.1. The number of ether oxygens (including phenoxy) is 2. The van der Waals surface area contributed by atoms with Crippen molar-refractivity contribution in [1.82, 2.24) is 19.3 Å². The Morgan fingerprint density at radius 3 is 2.04 bits per heavy atom. The molecule has 0 aliphatic heterocycles. The van der Waals surface area contributed by atoms with Crippen LogP contribution < -0.4 is 9.47 Å². The van der Waals surface area contributed by atoms with Gasteiger partial charge in [0.1, 0.15) is 23.1 Å². The molecular weight excluding hydrogens is 653 g/mol. The van der Waals surface area contributed by atoms with Crippen molar-refractivity contribution in [3.63, 3.8) is 0 Å². The second-order valence-corrected chi connectivity index (χ2v) is 15.1. The average molecular weight is 705 g/mol. The fraction of sp³-hybridized carbons (Fsp3) is 0.319. The van der Waals surface area contributed by atoms with Crippen molar-refractivity contribution in [3.8, 4) is 39.9 Å². The van der Waals surface area contributed by atoms with Gasteiger partial charge in [-0.3, -0.25) is 4.57 Å². The van der Waals surface area contributed by atoms with E-state index in [9.17, 15) is 0 Å². The number of aromatic nitrogens is 4. The molecule has 0 saturated carbocycles. The van der Waals surface area contributed by atoms with Crippen LogP contribution in [0.15, 0.2) is 79.0 Å². The first-order valence-corrected chi connectivity index (χ1v) is 19.0. The van der Waals surface area contributed by atoms with E-state index in [1.54, 1.807) is 13.3 Å². The molecule has 7 rings (SSSR count). The fourth-order valence-corrected chi connectivity index (χ4v) is 8.02. The van der Waals surface area contributed by atoms with Gasteiger partial charge in [-0.15, -0.1) is 0 Å². The molecule has 0 fully saturated rings. The van der Waals surface area contributed by atoms with E-state index < -0.39 is 0 Å². The molecule has 3 aromatic heterocycles. The van der Waals surface area contributed by atoms with Crippen LogP contribution in [0.3, 0.4) is 0 Å². The lowest BCUT2D eigenvalue weighted by molar-refractivity contribution is 0.414. The van der Waals surface area contributed by atoms with Gasteiger partial charge in [0.2, 0.25) is 0 Å². The van der Waals surface area contributed by atoms with Crippen LogP contribution in [0.1, 0.15) is 97.6 Å². The van der Waals surface area contributed by atoms with Crippen molar-refractivity contribution >= 4 is 21.8 Å². The summed E-state index contributed by atoms with van der Waals surface area (Å²) >= 11 is 0. The SMILES string of the molecule is CCCc1cc(Oc2ccc3c4ccccc4n(-c4cc(OC)ccn4)c3c2)cc(-n2nc(C(C)C)c(-c3c(C)c(C)c(C)c(C)c3C)c2C(C)C)c1. The van der Waals surface area contributed by atoms with Crippen molar-refractivity contribution in [3.05, 3.63) is 124 Å². The van der Waals surface area contributed by atoms with Crippen LogP contribution in [-0.4, -0.2) is 26.4 Å². The van der Waals surface area contributed by atoms with Gasteiger partial charge in [-0.1, -0.05) is 59.2 Å². The molecule has 53 heavy (non-hydrogen) atoms. The second kappa shape index (κ2) is 14.2. The Morgan fingerprint density at radius 1 is 0.660 bits per heavy atom. The summed E-state index contributed by atoms with van der Waals surface area (Å²) < 4.78 is 16.8. The Kier molecular flexibility index (Phi) is 9.67. The number of aryl methyl sites for hydroxylation is 1. The molecule has 6 heteroatoms. The number of benzene rings is 4. The molecule has 272 valence electrons. The van der Waals surface area contributed by atoms with E-state index in [2.05, 4.69) is 139 Å². The number of hydrogen-bond acceptors (Lipinski definition) is 4. The molecule has 0 aliphatic rings. The first kappa shape index (κ1) is 36.0. The van der Waals surface area contributed by atoms with Crippen LogP contribution in [0.25, 0.3) is 44.4 Å². The number of methoxy groups -OCH3 is 1. The van der Waals surface area contributed by atoms with Crippen LogP contribution >= 0.6 is 0 Å². The third-order valence-electron chi connectivity index (χ3n) is 11.1. The van der Waals surface area contributed by atoms with Crippen LogP contribution in [-0.2, 0) is 6.42 Å². The molecule has 0 amide bonds. The standard InChI is InChI=1S/C47H52N4O2/c1-12-15-34-22-35(51-47(28(4)5)45(46(49-51)27(2)3)44-32(9)30(7)29(6)31(8)33(44)10)24-38(23-34)53-37-18-19-40-39-16-13-14-17-41(39)50(42(40)25-37)43-26-36(52-11)20-21-48-43/h13-14,16-28H,12,15H2,1-11H3. The zero-order chi connectivity index (χ0) is 37.7. The van der Waals surface area contributed by atoms with Crippen LogP contribution in [0.5, 0.6) is 17.2 Å². The van der Waals surface area contributed by atoms with Crippen molar-refractivity contribution in [2.75, 3.05) is 7.11 Å². The van der Waals surface area contributed by atoms with Gasteiger partial charge in [0.05, 0.1) is 35.2 Å². The van der Waals surface area contributed by atoms with E-state index >= 15 is 0 Å². The second-order valence-electron chi connectivity index (χ2n) is 15.1. The van der Waals surface area contributed by atoms with E-state index in [0.717, 1.165) is 69.1 Å². The Balaban J connectivity index is 1.40. The summed E-state index contributed by atoms with van der Waals surface area (Å²) in [7, 11) is 1.68. The lowest BCUT2D eigenvalue weighted by Crippen LogP contribution is -2.07. The van der Waals surface area contributed by atoms with Crippen LogP contribution in [0.2, 0.25) is 0 Å². The van der Waals surface area contributed by atoms with Gasteiger partial charge in [0.25, 0.3) is 0 Å². The summed E-state index contributed by atoms with van der Waals surface area (Å²) in [4.78, 5) is 4.74. The lowest BCUT2D eigenvalue weighted by Gasteiger charge is -2.22. The topological polar surface area (TPSA) is 54.1 Å².